The summed E-state index contributed by atoms with van der Waals surface area (Å²) in [6, 6.07) is 0. The highest BCUT2D eigenvalue weighted by molar-refractivity contribution is 7.87. The smallest absolute Gasteiger partial charge is 0.485 e. The van der Waals surface area contributed by atoms with Gasteiger partial charge in [-0.05, 0) is 24.7 Å². The number of aromatic nitrogens is 2. The minimum atomic E-state index is -6.09. The molecular formula is C16H26F3N3O5S2. The molecule has 3 rings (SSSR count). The van der Waals surface area contributed by atoms with Gasteiger partial charge < -0.3 is 4.55 Å². The van der Waals surface area contributed by atoms with E-state index in [4.69, 9.17) is 13.0 Å². The van der Waals surface area contributed by atoms with Crippen LogP contribution in [0.1, 0.15) is 44.9 Å². The van der Waals surface area contributed by atoms with Crippen LogP contribution in [0.2, 0.25) is 0 Å². The van der Waals surface area contributed by atoms with Crippen molar-refractivity contribution in [3.05, 3.63) is 18.7 Å². The lowest BCUT2D eigenvalue weighted by Gasteiger charge is -2.36. The monoisotopic (exact) mass is 461 g/mol. The van der Waals surface area contributed by atoms with Crippen LogP contribution < -0.4 is 4.57 Å². The Morgan fingerprint density at radius 3 is 1.86 bits per heavy atom. The maximum atomic E-state index is 12.6. The van der Waals surface area contributed by atoms with Crippen LogP contribution in [-0.2, 0) is 27.4 Å². The number of imidazole rings is 1. The molecule has 168 valence electrons. The van der Waals surface area contributed by atoms with Crippen molar-refractivity contribution >= 4 is 20.3 Å². The number of rotatable bonds is 3. The van der Waals surface area contributed by atoms with Crippen LogP contribution in [0.5, 0.6) is 0 Å². The summed E-state index contributed by atoms with van der Waals surface area (Å²) in [7, 11) is -7.62. The molecule has 13 heteroatoms. The Morgan fingerprint density at radius 1 is 0.966 bits per heavy atom. The fraction of sp³-hybridized carbons (Fsp3) is 0.812. The van der Waals surface area contributed by atoms with E-state index in [0.29, 0.717) is 13.1 Å². The molecule has 2 heterocycles. The van der Waals surface area contributed by atoms with Crippen LogP contribution in [0.25, 0.3) is 0 Å². The molecule has 1 saturated carbocycles. The molecule has 0 bridgehead atoms. The van der Waals surface area contributed by atoms with Gasteiger partial charge >= 0.3 is 15.7 Å². The summed E-state index contributed by atoms with van der Waals surface area (Å²) in [5, 5.41) is 0. The maximum Gasteiger partial charge on any atom is 0.485 e. The molecule has 2 aliphatic rings. The summed E-state index contributed by atoms with van der Waals surface area (Å²) in [6.07, 6.45) is 13.8. The second-order valence-electron chi connectivity index (χ2n) is 7.45. The Morgan fingerprint density at radius 2 is 1.45 bits per heavy atom. The van der Waals surface area contributed by atoms with Crippen molar-refractivity contribution in [3.63, 3.8) is 0 Å². The van der Waals surface area contributed by atoms with Gasteiger partial charge in [-0.3, -0.25) is 0 Å². The summed E-state index contributed by atoms with van der Waals surface area (Å²) < 4.78 is 88.7. The third kappa shape index (κ3) is 6.40. The molecule has 0 atom stereocenters. The molecule has 8 nitrogen and oxygen atoms in total. The van der Waals surface area contributed by atoms with Gasteiger partial charge in [-0.25, -0.2) is 13.0 Å². The van der Waals surface area contributed by atoms with Crippen molar-refractivity contribution in [1.82, 2.24) is 8.28 Å². The maximum absolute atomic E-state index is 12.6. The summed E-state index contributed by atoms with van der Waals surface area (Å²) in [6.45, 7) is 1.34. The molecule has 2 fully saturated rings. The first-order valence-electron chi connectivity index (χ1n) is 9.38. The van der Waals surface area contributed by atoms with Crippen LogP contribution in [0.4, 0.5) is 13.2 Å². The molecule has 1 aromatic heterocycles. The highest BCUT2D eigenvalue weighted by Gasteiger charge is 2.37. The van der Waals surface area contributed by atoms with E-state index in [-0.39, 0.29) is 0 Å². The number of piperidine rings is 1. The highest BCUT2D eigenvalue weighted by Crippen LogP contribution is 2.36. The van der Waals surface area contributed by atoms with Gasteiger partial charge in [0, 0.05) is 13.1 Å². The molecule has 29 heavy (non-hydrogen) atoms. The van der Waals surface area contributed by atoms with Gasteiger partial charge in [-0.2, -0.15) is 25.9 Å². The van der Waals surface area contributed by atoms with Gasteiger partial charge in [0.25, 0.3) is 6.33 Å². The minimum Gasteiger partial charge on any atom is -0.741 e. The average Bonchev–Trinajstić information content (AvgIpc) is 3.09. The molecule has 1 aliphatic heterocycles. The second kappa shape index (κ2) is 9.31. The van der Waals surface area contributed by atoms with E-state index in [2.05, 4.69) is 0 Å². The second-order valence-corrected chi connectivity index (χ2v) is 10.7. The van der Waals surface area contributed by atoms with E-state index < -0.39 is 25.8 Å². The van der Waals surface area contributed by atoms with Gasteiger partial charge in [0.15, 0.2) is 10.1 Å². The Balaban J connectivity index is 0.000000321. The van der Waals surface area contributed by atoms with E-state index >= 15 is 0 Å². The average molecular weight is 462 g/mol. The number of nitrogens with zero attached hydrogens (tertiary/aromatic N) is 3. The number of halogens is 3. The summed E-state index contributed by atoms with van der Waals surface area (Å²) in [5.41, 5.74) is -5.65. The number of alkyl halides is 3. The topological polar surface area (TPSA) is 103 Å². The Kier molecular flexibility index (Phi) is 7.74. The Bertz CT molecular complexity index is 870. The van der Waals surface area contributed by atoms with Crippen LogP contribution in [0, 0.1) is 11.8 Å². The molecule has 0 spiro atoms. The van der Waals surface area contributed by atoms with Gasteiger partial charge in [-0.15, -0.1) is 3.97 Å². The first-order chi connectivity index (χ1) is 13.3. The van der Waals surface area contributed by atoms with E-state index in [1.165, 1.54) is 36.1 Å². The molecule has 1 aliphatic carbocycles. The molecule has 0 radical (unpaired) electrons. The first-order valence-corrected chi connectivity index (χ1v) is 12.2. The van der Waals surface area contributed by atoms with Gasteiger partial charge in [0.2, 0.25) is 0 Å². The zero-order valence-corrected chi connectivity index (χ0v) is 17.7. The Hall–Kier alpha value is -1.18. The zero-order chi connectivity index (χ0) is 21.9. The third-order valence-electron chi connectivity index (χ3n) is 5.44. The Labute approximate surface area is 169 Å². The van der Waals surface area contributed by atoms with Gasteiger partial charge in [0.05, 0.1) is 7.05 Å². The van der Waals surface area contributed by atoms with E-state index in [1.54, 1.807) is 27.6 Å². The lowest BCUT2D eigenvalue weighted by atomic mass is 9.76. The molecule has 0 aromatic carbocycles. The normalized spacial score (nSPS) is 20.9. The van der Waals surface area contributed by atoms with Crippen molar-refractivity contribution in [2.24, 2.45) is 18.9 Å². The van der Waals surface area contributed by atoms with Crippen molar-refractivity contribution in [2.75, 3.05) is 13.1 Å². The predicted molar refractivity (Wildman–Crippen MR) is 96.6 cm³/mol. The molecule has 0 amide bonds. The largest absolute Gasteiger partial charge is 0.741 e. The van der Waals surface area contributed by atoms with Crippen molar-refractivity contribution < 1.29 is 39.1 Å². The lowest BCUT2D eigenvalue weighted by Crippen LogP contribution is -2.43. The van der Waals surface area contributed by atoms with Crippen LogP contribution in [0.3, 0.4) is 0 Å². The standard InChI is InChI=1S/C15H26N3O2S.CHF3O3S/c1-16-11-12-18(13-16)21(19,20)17-9-7-15(8-10-17)14-5-3-2-4-6-14;2-1(3,4)8(5,6)7/h11-15H,2-10H2,1H3;(H,5,6,7)/q+1;/p-1. The first kappa shape index (κ1) is 24.1. The summed E-state index contributed by atoms with van der Waals surface area (Å²) >= 11 is 0. The van der Waals surface area contributed by atoms with Gasteiger partial charge in [0.1, 0.15) is 12.4 Å². The third-order valence-corrected chi connectivity index (χ3v) is 7.77. The van der Waals surface area contributed by atoms with Crippen LogP contribution in [0.15, 0.2) is 18.7 Å². The van der Waals surface area contributed by atoms with Crippen LogP contribution in [-0.4, -0.2) is 48.3 Å². The van der Waals surface area contributed by atoms with Crippen molar-refractivity contribution in [2.45, 2.75) is 50.5 Å². The fourth-order valence-corrected chi connectivity index (χ4v) is 5.30. The van der Waals surface area contributed by atoms with Crippen LogP contribution >= 0.6 is 0 Å². The predicted octanol–water partition coefficient (Wildman–Crippen LogP) is 1.75. The summed E-state index contributed by atoms with van der Waals surface area (Å²) in [5.74, 6) is 1.57. The van der Waals surface area contributed by atoms with E-state index in [0.717, 1.165) is 24.7 Å². The quantitative estimate of drug-likeness (QED) is 0.388. The molecule has 1 aromatic rings. The number of aryl methyl sites for hydroxylation is 1. The van der Waals surface area contributed by atoms with Crippen molar-refractivity contribution in [1.29, 1.82) is 0 Å². The lowest BCUT2D eigenvalue weighted by molar-refractivity contribution is -0.670. The highest BCUT2D eigenvalue weighted by atomic mass is 32.2. The minimum absolute atomic E-state index is 0.672. The van der Waals surface area contributed by atoms with E-state index in [9.17, 15) is 21.6 Å². The van der Waals surface area contributed by atoms with Gasteiger partial charge in [-0.1, -0.05) is 32.1 Å². The SMILES string of the molecule is C[n+]1ccn(S(=O)(=O)N2CCC(C3CCCCC3)CC2)c1.O=S(=O)([O-])C(F)(F)F. The zero-order valence-electron chi connectivity index (χ0n) is 16.1. The molecule has 0 N–H and O–H groups in total. The fourth-order valence-electron chi connectivity index (χ4n) is 3.88. The van der Waals surface area contributed by atoms with Crippen molar-refractivity contribution in [3.8, 4) is 0 Å². The van der Waals surface area contributed by atoms with E-state index in [1.807, 2.05) is 7.05 Å². The molecule has 1 saturated heterocycles. The number of hydrogen-bond acceptors (Lipinski definition) is 5. The molecular weight excluding hydrogens is 435 g/mol. The molecule has 0 unspecified atom stereocenters. The number of hydrogen-bond donors (Lipinski definition) is 0. The summed E-state index contributed by atoms with van der Waals surface area (Å²) in [4.78, 5) is 0.